The van der Waals surface area contributed by atoms with E-state index >= 15 is 0 Å². The van der Waals surface area contributed by atoms with E-state index in [4.69, 9.17) is 4.98 Å². The predicted octanol–water partition coefficient (Wildman–Crippen LogP) is 4.44. The predicted molar refractivity (Wildman–Crippen MR) is 178 cm³/mol. The molecule has 1 N–H and O–H groups in total. The van der Waals surface area contributed by atoms with Crippen molar-refractivity contribution in [2.75, 3.05) is 50.1 Å². The van der Waals surface area contributed by atoms with Gasteiger partial charge in [-0.25, -0.2) is 4.98 Å². The minimum atomic E-state index is -0.256. The number of fused-ring (bicyclic) bond motifs is 2. The molecule has 0 unspecified atom stereocenters. The smallest absolute Gasteiger partial charge is 0.270 e. The Morgan fingerprint density at radius 2 is 1.91 bits per heavy atom. The van der Waals surface area contributed by atoms with Gasteiger partial charge < -0.3 is 24.9 Å². The third-order valence-corrected chi connectivity index (χ3v) is 9.89. The van der Waals surface area contributed by atoms with E-state index in [0.29, 0.717) is 37.9 Å². The second-order valence-electron chi connectivity index (χ2n) is 12.8. The highest BCUT2D eigenvalue weighted by atomic mass is 16.2. The summed E-state index contributed by atoms with van der Waals surface area (Å²) < 4.78 is 0. The summed E-state index contributed by atoms with van der Waals surface area (Å²) in [6, 6.07) is 17.2. The van der Waals surface area contributed by atoms with Crippen LogP contribution in [0.4, 0.5) is 11.4 Å². The van der Waals surface area contributed by atoms with Crippen molar-refractivity contribution in [3.63, 3.8) is 0 Å². The van der Waals surface area contributed by atoms with E-state index in [1.807, 2.05) is 6.07 Å². The van der Waals surface area contributed by atoms with E-state index in [9.17, 15) is 14.9 Å². The normalized spacial score (nSPS) is 21.5. The zero-order valence-electron chi connectivity index (χ0n) is 26.6. The van der Waals surface area contributed by atoms with E-state index in [-0.39, 0.29) is 30.3 Å². The number of carbonyl (C=O) groups is 2. The van der Waals surface area contributed by atoms with Crippen LogP contribution in [0.15, 0.2) is 55.1 Å². The summed E-state index contributed by atoms with van der Waals surface area (Å²) in [4.78, 5) is 40.1. The number of aryl methyl sites for hydroxylation is 1. The minimum Gasteiger partial charge on any atom is -0.367 e. The third kappa shape index (κ3) is 5.99. The molecule has 9 heteroatoms. The number of benzene rings is 2. The highest BCUT2D eigenvalue weighted by molar-refractivity contribution is 5.97. The molecular formula is C36H43N7O2. The van der Waals surface area contributed by atoms with Crippen molar-refractivity contribution in [3.05, 3.63) is 77.6 Å². The van der Waals surface area contributed by atoms with E-state index in [1.165, 1.54) is 28.1 Å². The molecule has 3 atom stereocenters. The highest BCUT2D eigenvalue weighted by Gasteiger charge is 2.34. The molecule has 2 aromatic carbocycles. The second-order valence-corrected chi connectivity index (χ2v) is 12.8. The first kappa shape index (κ1) is 30.6. The molecule has 2 fully saturated rings. The number of piperazine rings is 1. The van der Waals surface area contributed by atoms with E-state index < -0.39 is 0 Å². The van der Waals surface area contributed by atoms with Crippen molar-refractivity contribution < 1.29 is 9.59 Å². The van der Waals surface area contributed by atoms with Gasteiger partial charge in [0.05, 0.1) is 30.8 Å². The summed E-state index contributed by atoms with van der Waals surface area (Å²) in [6.07, 6.45) is 5.44. The van der Waals surface area contributed by atoms with Crippen molar-refractivity contribution in [3.8, 4) is 6.07 Å². The van der Waals surface area contributed by atoms with Gasteiger partial charge in [-0.15, -0.1) is 0 Å². The average molecular weight is 606 g/mol. The topological polar surface area (TPSA) is 95.8 Å². The van der Waals surface area contributed by atoms with Gasteiger partial charge in [0, 0.05) is 60.6 Å². The monoisotopic (exact) mass is 605 g/mol. The fraction of sp³-hybridized carbons (Fsp3) is 0.444. The molecule has 0 radical (unpaired) electrons. The van der Waals surface area contributed by atoms with Gasteiger partial charge >= 0.3 is 0 Å². The molecule has 2 amide bonds. The van der Waals surface area contributed by atoms with Crippen LogP contribution in [-0.2, 0) is 17.8 Å². The largest absolute Gasteiger partial charge is 0.367 e. The molecule has 234 valence electrons. The summed E-state index contributed by atoms with van der Waals surface area (Å²) in [5.74, 6) is -0.301. The lowest BCUT2D eigenvalue weighted by Crippen LogP contribution is -2.55. The van der Waals surface area contributed by atoms with Gasteiger partial charge in [0.2, 0.25) is 5.91 Å². The van der Waals surface area contributed by atoms with Crippen molar-refractivity contribution in [1.82, 2.24) is 20.1 Å². The van der Waals surface area contributed by atoms with Crippen molar-refractivity contribution >= 4 is 34.0 Å². The van der Waals surface area contributed by atoms with Gasteiger partial charge in [0.25, 0.3) is 5.91 Å². The molecule has 3 heterocycles. The molecular weight excluding hydrogens is 562 g/mol. The Hall–Kier alpha value is -4.42. The highest BCUT2D eigenvalue weighted by Crippen LogP contribution is 2.36. The van der Waals surface area contributed by atoms with E-state index in [0.717, 1.165) is 49.2 Å². The maximum atomic E-state index is 13.9. The Bertz CT molecular complexity index is 1660. The Balaban J connectivity index is 1.37. The van der Waals surface area contributed by atoms with Crippen LogP contribution in [0.5, 0.6) is 0 Å². The van der Waals surface area contributed by atoms with Crippen LogP contribution in [0.3, 0.4) is 0 Å². The van der Waals surface area contributed by atoms with Crippen molar-refractivity contribution in [2.24, 2.45) is 0 Å². The third-order valence-electron chi connectivity index (χ3n) is 9.89. The van der Waals surface area contributed by atoms with Crippen LogP contribution in [0, 0.1) is 18.3 Å². The van der Waals surface area contributed by atoms with Gasteiger partial charge in [0.1, 0.15) is 5.69 Å². The fourth-order valence-electron chi connectivity index (χ4n) is 7.62. The molecule has 3 aliphatic rings. The molecule has 6 rings (SSSR count). The lowest BCUT2D eigenvalue weighted by molar-refractivity contribution is -0.128. The Morgan fingerprint density at radius 3 is 2.67 bits per heavy atom. The van der Waals surface area contributed by atoms with Gasteiger partial charge in [-0.1, -0.05) is 36.9 Å². The molecule has 1 aliphatic carbocycles. The van der Waals surface area contributed by atoms with Crippen LogP contribution in [0.1, 0.15) is 53.0 Å². The number of nitrogens with zero attached hydrogens (tertiary/aromatic N) is 6. The molecule has 0 bridgehead atoms. The van der Waals surface area contributed by atoms with E-state index in [1.54, 1.807) is 4.90 Å². The maximum absolute atomic E-state index is 13.9. The van der Waals surface area contributed by atoms with Gasteiger partial charge in [-0.2, -0.15) is 5.26 Å². The number of hydrogen-bond acceptors (Lipinski definition) is 7. The lowest BCUT2D eigenvalue weighted by atomic mass is 9.97. The van der Waals surface area contributed by atoms with Gasteiger partial charge in [-0.3, -0.25) is 9.59 Å². The quantitative estimate of drug-likeness (QED) is 0.398. The first-order valence-corrected chi connectivity index (χ1v) is 16.1. The molecule has 2 aliphatic heterocycles. The number of nitriles is 1. The second kappa shape index (κ2) is 12.9. The number of pyridine rings is 1. The molecule has 1 saturated heterocycles. The maximum Gasteiger partial charge on any atom is 0.270 e. The fourth-order valence-corrected chi connectivity index (χ4v) is 7.62. The van der Waals surface area contributed by atoms with Gasteiger partial charge in [0.15, 0.2) is 0 Å². The number of aromatic nitrogens is 1. The Kier molecular flexibility index (Phi) is 8.77. The number of anilines is 2. The molecule has 45 heavy (non-hydrogen) atoms. The summed E-state index contributed by atoms with van der Waals surface area (Å²) in [5.41, 5.74) is 5.88. The molecule has 1 saturated carbocycles. The zero-order valence-corrected chi connectivity index (χ0v) is 26.6. The summed E-state index contributed by atoms with van der Waals surface area (Å²) in [7, 11) is 4.14. The van der Waals surface area contributed by atoms with Gasteiger partial charge in [-0.05, 0) is 75.9 Å². The SMILES string of the molecule is C=CC(=O)N1CCN(c2cc(C(=O)N[C@@H]3CCC[C@H]3N(C)C)nc3c2CCN(c2cccc4cccc(C)c24)C3)C[C@@H]1CC#N. The van der Waals surface area contributed by atoms with Crippen LogP contribution >= 0.6 is 0 Å². The van der Waals surface area contributed by atoms with Crippen LogP contribution in [0.25, 0.3) is 10.8 Å². The standard InChI is InChI=1S/C36H43N7O2/c1-5-34(44)43-20-19-42(22-26(43)15-17-37)33-21-29(36(45)39-28-12-8-13-31(28)40(3)4)38-30-23-41(18-16-27(30)33)32-14-7-11-25-10-6-9-24(2)35(25)32/h5-7,9-11,14,21,26,28,31H,1,8,12-13,15-16,18-20,22-23H2,2-4H3,(H,39,45)/t26-,28+,31+/m0/s1. The number of amides is 2. The van der Waals surface area contributed by atoms with E-state index in [2.05, 4.69) is 90.1 Å². The number of hydrogen-bond donors (Lipinski definition) is 1. The zero-order chi connectivity index (χ0) is 31.7. The molecule has 0 spiro atoms. The number of rotatable bonds is 7. The average Bonchev–Trinajstić information content (AvgIpc) is 3.52. The van der Waals surface area contributed by atoms with Crippen LogP contribution in [0.2, 0.25) is 0 Å². The summed E-state index contributed by atoms with van der Waals surface area (Å²) >= 11 is 0. The molecule has 9 nitrogen and oxygen atoms in total. The lowest BCUT2D eigenvalue weighted by Gasteiger charge is -2.43. The summed E-state index contributed by atoms with van der Waals surface area (Å²) in [6.45, 7) is 8.85. The number of likely N-dealkylation sites (N-methyl/N-ethyl adjacent to an activating group) is 1. The Morgan fingerprint density at radius 1 is 1.11 bits per heavy atom. The first-order chi connectivity index (χ1) is 21.8. The molecule has 3 aromatic rings. The minimum absolute atomic E-state index is 0.0809. The number of carbonyl (C=O) groups excluding carboxylic acids is 2. The Labute approximate surface area is 266 Å². The molecule has 1 aromatic heterocycles. The summed E-state index contributed by atoms with van der Waals surface area (Å²) in [5, 5.41) is 15.4. The van der Waals surface area contributed by atoms with Crippen LogP contribution in [-0.4, -0.2) is 85.0 Å². The van der Waals surface area contributed by atoms with Crippen LogP contribution < -0.4 is 15.1 Å². The van der Waals surface area contributed by atoms with Crippen molar-refractivity contribution in [1.29, 1.82) is 5.26 Å². The number of nitrogens with one attached hydrogen (secondary N) is 1. The van der Waals surface area contributed by atoms with Crippen molar-refractivity contribution in [2.45, 2.75) is 63.7 Å². The first-order valence-electron chi connectivity index (χ1n) is 16.1.